The predicted molar refractivity (Wildman–Crippen MR) is 95.1 cm³/mol. The fourth-order valence-electron chi connectivity index (χ4n) is 4.59. The van der Waals surface area contributed by atoms with Crippen molar-refractivity contribution < 1.29 is 18.7 Å². The van der Waals surface area contributed by atoms with Gasteiger partial charge in [-0.2, -0.15) is 4.80 Å². The molecule has 2 fully saturated rings. The van der Waals surface area contributed by atoms with E-state index >= 15 is 0 Å². The van der Waals surface area contributed by atoms with Gasteiger partial charge in [-0.1, -0.05) is 12.1 Å². The molecule has 1 aromatic heterocycles. The molecule has 1 aromatic carbocycles. The van der Waals surface area contributed by atoms with Crippen LogP contribution in [0.3, 0.4) is 0 Å². The average Bonchev–Trinajstić information content (AvgIpc) is 3.31. The summed E-state index contributed by atoms with van der Waals surface area (Å²) in [5.41, 5.74) is 1.02. The van der Waals surface area contributed by atoms with Gasteiger partial charge >= 0.3 is 6.09 Å². The molecule has 1 saturated carbocycles. The number of carboxylic acid groups (broad SMARTS) is 1. The molecule has 4 unspecified atom stereocenters. The maximum atomic E-state index is 14.4. The Hall–Kier alpha value is -2.62. The van der Waals surface area contributed by atoms with E-state index in [2.05, 4.69) is 20.7 Å². The Morgan fingerprint density at radius 1 is 1.14 bits per heavy atom. The number of aromatic nitrogens is 4. The molecule has 8 nitrogen and oxygen atoms in total. The van der Waals surface area contributed by atoms with Crippen molar-refractivity contribution in [2.75, 3.05) is 13.1 Å². The number of alkyl halides is 1. The fourth-order valence-corrected chi connectivity index (χ4v) is 4.59. The highest BCUT2D eigenvalue weighted by Gasteiger charge is 2.43. The summed E-state index contributed by atoms with van der Waals surface area (Å²) >= 11 is 0. The first kappa shape index (κ1) is 18.7. The maximum Gasteiger partial charge on any atom is 0.404 e. The Balaban J connectivity index is 1.57. The summed E-state index contributed by atoms with van der Waals surface area (Å²) in [7, 11) is 0. The van der Waals surface area contributed by atoms with E-state index in [1.165, 1.54) is 18.5 Å². The van der Waals surface area contributed by atoms with Crippen LogP contribution in [0.15, 0.2) is 30.6 Å². The molecule has 5 atom stereocenters. The number of hydrogen-bond donors (Lipinski definition) is 2. The molecular formula is C18H22F2N6O2. The lowest BCUT2D eigenvalue weighted by atomic mass is 9.96. The molecule has 0 spiro atoms. The lowest BCUT2D eigenvalue weighted by Crippen LogP contribution is -2.55. The summed E-state index contributed by atoms with van der Waals surface area (Å²) < 4.78 is 27.6. The minimum atomic E-state index is -1.15. The van der Waals surface area contributed by atoms with E-state index in [0.717, 1.165) is 18.4 Å². The van der Waals surface area contributed by atoms with Crippen LogP contribution in [0, 0.1) is 5.82 Å². The van der Waals surface area contributed by atoms with Gasteiger partial charge in [0.1, 0.15) is 12.0 Å². The molecule has 2 aromatic rings. The van der Waals surface area contributed by atoms with E-state index in [-0.39, 0.29) is 36.8 Å². The second-order valence-electron chi connectivity index (χ2n) is 7.54. The average molecular weight is 392 g/mol. The third-order valence-electron chi connectivity index (χ3n) is 5.72. The molecule has 1 aliphatic heterocycles. The normalized spacial score (nSPS) is 31.0. The molecule has 28 heavy (non-hydrogen) atoms. The molecule has 1 saturated heterocycles. The number of carbonyl (C=O) groups is 1. The molecule has 1 amide bonds. The van der Waals surface area contributed by atoms with Crippen molar-refractivity contribution in [2.24, 2.45) is 0 Å². The standard InChI is InChI=1S/C18H22F2N6O2/c19-13-3-1-11(2-4-13)12-5-16(17(6-12)26-22-10-21-24-26)25-8-14(20)7-15(9-25)23-18(27)28/h1-4,10,12,14-17,23H,5-9H2,(H,27,28)/t12?,14?,15-,16?,17?/m1/s1. The van der Waals surface area contributed by atoms with Crippen molar-refractivity contribution in [2.45, 2.75) is 49.5 Å². The number of tetrazole rings is 1. The number of nitrogens with zero attached hydrogens (tertiary/aromatic N) is 5. The Morgan fingerprint density at radius 2 is 1.89 bits per heavy atom. The van der Waals surface area contributed by atoms with Crippen molar-refractivity contribution in [3.63, 3.8) is 0 Å². The van der Waals surface area contributed by atoms with E-state index in [1.807, 2.05) is 4.90 Å². The molecule has 150 valence electrons. The molecule has 2 N–H and O–H groups in total. The maximum absolute atomic E-state index is 14.4. The number of benzene rings is 1. The minimum absolute atomic E-state index is 0.0686. The van der Waals surface area contributed by atoms with Crippen LogP contribution in [-0.2, 0) is 0 Å². The zero-order chi connectivity index (χ0) is 19.7. The summed E-state index contributed by atoms with van der Waals surface area (Å²) in [5.74, 6) is -0.140. The van der Waals surface area contributed by atoms with Crippen molar-refractivity contribution in [3.05, 3.63) is 42.0 Å². The Labute approximate surface area is 160 Å². The molecular weight excluding hydrogens is 370 g/mol. The lowest BCUT2D eigenvalue weighted by molar-refractivity contribution is 0.0574. The number of hydrogen-bond acceptors (Lipinski definition) is 5. The van der Waals surface area contributed by atoms with Crippen LogP contribution in [0.25, 0.3) is 0 Å². The van der Waals surface area contributed by atoms with Gasteiger partial charge in [-0.25, -0.2) is 13.6 Å². The van der Waals surface area contributed by atoms with Crippen molar-refractivity contribution in [1.29, 1.82) is 0 Å². The number of halogens is 2. The van der Waals surface area contributed by atoms with Gasteiger partial charge in [-0.05, 0) is 41.7 Å². The largest absolute Gasteiger partial charge is 0.465 e. The first-order chi connectivity index (χ1) is 13.5. The molecule has 1 aliphatic carbocycles. The monoisotopic (exact) mass is 392 g/mol. The quantitative estimate of drug-likeness (QED) is 0.826. The first-order valence-corrected chi connectivity index (χ1v) is 9.35. The summed E-state index contributed by atoms with van der Waals surface area (Å²) in [6.07, 6.45) is 0.722. The molecule has 2 aliphatic rings. The van der Waals surface area contributed by atoms with Gasteiger partial charge < -0.3 is 10.4 Å². The molecule has 2 heterocycles. The second-order valence-corrected chi connectivity index (χ2v) is 7.54. The highest BCUT2D eigenvalue weighted by molar-refractivity contribution is 5.64. The van der Waals surface area contributed by atoms with E-state index in [4.69, 9.17) is 5.11 Å². The number of piperidine rings is 1. The van der Waals surface area contributed by atoms with Gasteiger partial charge in [0.15, 0.2) is 6.33 Å². The van der Waals surface area contributed by atoms with Crippen LogP contribution in [0.1, 0.15) is 36.8 Å². The zero-order valence-corrected chi connectivity index (χ0v) is 15.2. The van der Waals surface area contributed by atoms with Crippen LogP contribution in [0.5, 0.6) is 0 Å². The van der Waals surface area contributed by atoms with E-state index in [1.54, 1.807) is 16.9 Å². The van der Waals surface area contributed by atoms with Crippen LogP contribution in [0.4, 0.5) is 13.6 Å². The summed E-state index contributed by atoms with van der Waals surface area (Å²) in [4.78, 5) is 14.5. The zero-order valence-electron chi connectivity index (χ0n) is 15.2. The minimum Gasteiger partial charge on any atom is -0.465 e. The number of rotatable bonds is 4. The van der Waals surface area contributed by atoms with Gasteiger partial charge in [-0.15, -0.1) is 10.2 Å². The van der Waals surface area contributed by atoms with Gasteiger partial charge in [0, 0.05) is 31.6 Å². The van der Waals surface area contributed by atoms with Gasteiger partial charge in [0.05, 0.1) is 6.04 Å². The second kappa shape index (κ2) is 7.78. The Kier molecular flexibility index (Phi) is 5.21. The molecule has 4 rings (SSSR count). The van der Waals surface area contributed by atoms with Crippen molar-refractivity contribution in [3.8, 4) is 0 Å². The molecule has 10 heteroatoms. The highest BCUT2D eigenvalue weighted by Crippen LogP contribution is 2.43. The fraction of sp³-hybridized carbons (Fsp3) is 0.556. The van der Waals surface area contributed by atoms with Gasteiger partial charge in [0.25, 0.3) is 0 Å². The summed E-state index contributed by atoms with van der Waals surface area (Å²) in [6, 6.07) is 5.78. The topological polar surface area (TPSA) is 96.2 Å². The summed E-state index contributed by atoms with van der Waals surface area (Å²) in [6.45, 7) is 0.669. The number of likely N-dealkylation sites (tertiary alicyclic amines) is 1. The lowest BCUT2D eigenvalue weighted by Gasteiger charge is -2.40. The smallest absolute Gasteiger partial charge is 0.404 e. The van der Waals surface area contributed by atoms with Gasteiger partial charge in [-0.3, -0.25) is 4.90 Å². The van der Waals surface area contributed by atoms with E-state index in [0.29, 0.717) is 6.54 Å². The third-order valence-corrected chi connectivity index (χ3v) is 5.72. The van der Waals surface area contributed by atoms with Gasteiger partial charge in [0.2, 0.25) is 0 Å². The first-order valence-electron chi connectivity index (χ1n) is 9.35. The summed E-state index contributed by atoms with van der Waals surface area (Å²) in [5, 5.41) is 23.4. The van der Waals surface area contributed by atoms with Crippen molar-refractivity contribution in [1.82, 2.24) is 30.4 Å². The third kappa shape index (κ3) is 3.96. The number of amides is 1. The number of nitrogens with one attached hydrogen (secondary N) is 1. The van der Waals surface area contributed by atoms with Crippen molar-refractivity contribution >= 4 is 6.09 Å². The molecule has 0 radical (unpaired) electrons. The van der Waals surface area contributed by atoms with Crippen LogP contribution in [-0.4, -0.2) is 67.7 Å². The predicted octanol–water partition coefficient (Wildman–Crippen LogP) is 1.98. The van der Waals surface area contributed by atoms with E-state index < -0.39 is 18.3 Å². The Morgan fingerprint density at radius 3 is 2.57 bits per heavy atom. The van der Waals surface area contributed by atoms with Crippen LogP contribution >= 0.6 is 0 Å². The highest BCUT2D eigenvalue weighted by atomic mass is 19.1. The van der Waals surface area contributed by atoms with Crippen LogP contribution in [0.2, 0.25) is 0 Å². The van der Waals surface area contributed by atoms with E-state index in [9.17, 15) is 13.6 Å². The molecule has 0 bridgehead atoms. The van der Waals surface area contributed by atoms with Crippen LogP contribution < -0.4 is 5.32 Å². The Bertz CT molecular complexity index is 803. The SMILES string of the molecule is O=C(O)N[C@@H]1CC(F)CN(C2CC(c3ccc(F)cc3)CC2n2ncnn2)C1.